The summed E-state index contributed by atoms with van der Waals surface area (Å²) in [6.45, 7) is 2.47. The number of carbonyl (C=O) groups excluding carboxylic acids is 1. The standard InChI is InChI=1S/C17H19FN4O/c18-14-5-3-13(4-6-14)9-10-19-17(23)15-7-8-16(21-20-15)22-11-1-2-12-22/h3-8H,1-2,9-12H2,(H,19,23). The Morgan fingerprint density at radius 3 is 2.48 bits per heavy atom. The SMILES string of the molecule is O=C(NCCc1ccc(F)cc1)c1ccc(N2CCCC2)nn1. The van der Waals surface area contributed by atoms with Crippen molar-refractivity contribution in [2.75, 3.05) is 24.5 Å². The van der Waals surface area contributed by atoms with Crippen LogP contribution in [0, 0.1) is 5.82 Å². The largest absolute Gasteiger partial charge is 0.355 e. The molecule has 0 bridgehead atoms. The van der Waals surface area contributed by atoms with Gasteiger partial charge in [-0.3, -0.25) is 4.79 Å². The average Bonchev–Trinajstić information content (AvgIpc) is 3.11. The number of halogens is 1. The van der Waals surface area contributed by atoms with Crippen molar-refractivity contribution in [3.05, 3.63) is 53.5 Å². The summed E-state index contributed by atoms with van der Waals surface area (Å²) < 4.78 is 12.8. The second-order valence-corrected chi connectivity index (χ2v) is 5.60. The van der Waals surface area contributed by atoms with Gasteiger partial charge in [-0.15, -0.1) is 10.2 Å². The van der Waals surface area contributed by atoms with Crippen LogP contribution in [0.4, 0.5) is 10.2 Å². The Balaban J connectivity index is 1.50. The highest BCUT2D eigenvalue weighted by Gasteiger charge is 2.15. The zero-order chi connectivity index (χ0) is 16.1. The van der Waals surface area contributed by atoms with Crippen LogP contribution >= 0.6 is 0 Å². The van der Waals surface area contributed by atoms with Gasteiger partial charge < -0.3 is 10.2 Å². The van der Waals surface area contributed by atoms with Crippen LogP contribution in [0.2, 0.25) is 0 Å². The number of carbonyl (C=O) groups is 1. The van der Waals surface area contributed by atoms with Crippen LogP contribution in [0.15, 0.2) is 36.4 Å². The minimum Gasteiger partial charge on any atom is -0.355 e. The third-order valence-corrected chi connectivity index (χ3v) is 3.93. The highest BCUT2D eigenvalue weighted by atomic mass is 19.1. The fourth-order valence-corrected chi connectivity index (χ4v) is 2.62. The Bertz CT molecular complexity index is 651. The first kappa shape index (κ1) is 15.4. The van der Waals surface area contributed by atoms with E-state index in [4.69, 9.17) is 0 Å². The van der Waals surface area contributed by atoms with E-state index in [0.717, 1.165) is 24.5 Å². The van der Waals surface area contributed by atoms with Crippen molar-refractivity contribution in [3.8, 4) is 0 Å². The average molecular weight is 314 g/mol. The molecule has 1 aromatic heterocycles. The maximum atomic E-state index is 12.8. The number of nitrogens with zero attached hydrogens (tertiary/aromatic N) is 3. The molecule has 0 radical (unpaired) electrons. The fourth-order valence-electron chi connectivity index (χ4n) is 2.62. The zero-order valence-electron chi connectivity index (χ0n) is 12.8. The zero-order valence-corrected chi connectivity index (χ0v) is 12.8. The lowest BCUT2D eigenvalue weighted by Gasteiger charge is -2.15. The Morgan fingerprint density at radius 2 is 1.83 bits per heavy atom. The molecular formula is C17H19FN4O. The van der Waals surface area contributed by atoms with Gasteiger partial charge in [0.15, 0.2) is 11.5 Å². The molecule has 1 aromatic carbocycles. The maximum Gasteiger partial charge on any atom is 0.271 e. The Labute approximate surface area is 134 Å². The highest BCUT2D eigenvalue weighted by molar-refractivity contribution is 5.92. The second-order valence-electron chi connectivity index (χ2n) is 5.60. The van der Waals surface area contributed by atoms with E-state index in [1.165, 1.54) is 25.0 Å². The van der Waals surface area contributed by atoms with E-state index >= 15 is 0 Å². The third kappa shape index (κ3) is 4.03. The van der Waals surface area contributed by atoms with E-state index in [0.29, 0.717) is 18.7 Å². The van der Waals surface area contributed by atoms with Crippen molar-refractivity contribution in [1.82, 2.24) is 15.5 Å². The molecule has 0 saturated carbocycles. The van der Waals surface area contributed by atoms with Gasteiger partial charge in [-0.25, -0.2) is 4.39 Å². The Hall–Kier alpha value is -2.50. The van der Waals surface area contributed by atoms with E-state index < -0.39 is 0 Å². The highest BCUT2D eigenvalue weighted by Crippen LogP contribution is 2.16. The number of rotatable bonds is 5. The first-order valence-electron chi connectivity index (χ1n) is 7.84. The van der Waals surface area contributed by atoms with E-state index in [1.54, 1.807) is 18.2 Å². The fraction of sp³-hybridized carbons (Fsp3) is 0.353. The lowest BCUT2D eigenvalue weighted by atomic mass is 10.1. The molecule has 0 atom stereocenters. The quantitative estimate of drug-likeness (QED) is 0.919. The van der Waals surface area contributed by atoms with Crippen LogP contribution in [0.5, 0.6) is 0 Å². The van der Waals surface area contributed by atoms with Crippen molar-refractivity contribution in [2.24, 2.45) is 0 Å². The molecule has 5 nitrogen and oxygen atoms in total. The Morgan fingerprint density at radius 1 is 1.09 bits per heavy atom. The van der Waals surface area contributed by atoms with Gasteiger partial charge in [0.2, 0.25) is 0 Å². The van der Waals surface area contributed by atoms with Crippen LogP contribution < -0.4 is 10.2 Å². The van der Waals surface area contributed by atoms with Gasteiger partial charge in [0.05, 0.1) is 0 Å². The van der Waals surface area contributed by atoms with Gasteiger partial charge in [-0.2, -0.15) is 0 Å². The summed E-state index contributed by atoms with van der Waals surface area (Å²) in [4.78, 5) is 14.2. The van der Waals surface area contributed by atoms with Crippen molar-refractivity contribution in [1.29, 1.82) is 0 Å². The summed E-state index contributed by atoms with van der Waals surface area (Å²) in [6, 6.07) is 9.80. The van der Waals surface area contributed by atoms with Crippen molar-refractivity contribution < 1.29 is 9.18 Å². The summed E-state index contributed by atoms with van der Waals surface area (Å²) >= 11 is 0. The smallest absolute Gasteiger partial charge is 0.271 e. The molecule has 1 saturated heterocycles. The van der Waals surface area contributed by atoms with Gasteiger partial charge in [0.25, 0.3) is 5.91 Å². The molecule has 0 spiro atoms. The van der Waals surface area contributed by atoms with E-state index in [2.05, 4.69) is 20.4 Å². The number of hydrogen-bond acceptors (Lipinski definition) is 4. The summed E-state index contributed by atoms with van der Waals surface area (Å²) in [7, 11) is 0. The molecule has 0 aliphatic carbocycles. The van der Waals surface area contributed by atoms with Gasteiger partial charge in [0, 0.05) is 19.6 Å². The third-order valence-electron chi connectivity index (χ3n) is 3.93. The molecule has 120 valence electrons. The predicted molar refractivity (Wildman–Crippen MR) is 85.9 cm³/mol. The molecule has 1 aliphatic rings. The number of aromatic nitrogens is 2. The molecule has 2 aromatic rings. The molecule has 0 unspecified atom stereocenters. The molecular weight excluding hydrogens is 295 g/mol. The molecule has 1 N–H and O–H groups in total. The van der Waals surface area contributed by atoms with E-state index in [9.17, 15) is 9.18 Å². The van der Waals surface area contributed by atoms with E-state index in [1.807, 2.05) is 6.07 Å². The van der Waals surface area contributed by atoms with Crippen molar-refractivity contribution >= 4 is 11.7 Å². The molecule has 2 heterocycles. The number of hydrogen-bond donors (Lipinski definition) is 1. The first-order chi connectivity index (χ1) is 11.2. The van der Waals surface area contributed by atoms with Gasteiger partial charge in [-0.1, -0.05) is 12.1 Å². The molecule has 1 fully saturated rings. The maximum absolute atomic E-state index is 12.8. The monoisotopic (exact) mass is 314 g/mol. The Kier molecular flexibility index (Phi) is 4.80. The number of amides is 1. The minimum absolute atomic E-state index is 0.243. The van der Waals surface area contributed by atoms with Crippen LogP contribution in [-0.2, 0) is 6.42 Å². The topological polar surface area (TPSA) is 58.1 Å². The first-order valence-corrected chi connectivity index (χ1v) is 7.84. The molecule has 3 rings (SSSR count). The summed E-state index contributed by atoms with van der Waals surface area (Å²) in [5, 5.41) is 10.9. The van der Waals surface area contributed by atoms with Crippen LogP contribution in [0.3, 0.4) is 0 Å². The minimum atomic E-state index is -0.258. The molecule has 23 heavy (non-hydrogen) atoms. The van der Waals surface area contributed by atoms with Gasteiger partial charge in [-0.05, 0) is 49.1 Å². The van der Waals surface area contributed by atoms with E-state index in [-0.39, 0.29) is 11.7 Å². The molecule has 1 aliphatic heterocycles. The summed E-state index contributed by atoms with van der Waals surface area (Å²) in [5.74, 6) is 0.323. The van der Waals surface area contributed by atoms with Gasteiger partial charge in [0.1, 0.15) is 5.82 Å². The number of anilines is 1. The lowest BCUT2D eigenvalue weighted by Crippen LogP contribution is -2.27. The second kappa shape index (κ2) is 7.17. The van der Waals surface area contributed by atoms with Crippen LogP contribution in [-0.4, -0.2) is 35.7 Å². The van der Waals surface area contributed by atoms with Crippen molar-refractivity contribution in [2.45, 2.75) is 19.3 Å². The lowest BCUT2D eigenvalue weighted by molar-refractivity contribution is 0.0948. The molecule has 1 amide bonds. The summed E-state index contributed by atoms with van der Waals surface area (Å²) in [5.41, 5.74) is 1.29. The molecule has 6 heteroatoms. The summed E-state index contributed by atoms with van der Waals surface area (Å²) in [6.07, 6.45) is 2.99. The van der Waals surface area contributed by atoms with Gasteiger partial charge >= 0.3 is 0 Å². The normalized spacial score (nSPS) is 14.0. The van der Waals surface area contributed by atoms with Crippen LogP contribution in [0.25, 0.3) is 0 Å². The predicted octanol–water partition coefficient (Wildman–Crippen LogP) is 2.19. The number of nitrogens with one attached hydrogen (secondary N) is 1. The number of benzene rings is 1. The van der Waals surface area contributed by atoms with Crippen LogP contribution in [0.1, 0.15) is 28.9 Å². The van der Waals surface area contributed by atoms with Crippen molar-refractivity contribution in [3.63, 3.8) is 0 Å².